The Hall–Kier alpha value is -3.23. The van der Waals surface area contributed by atoms with E-state index in [1.165, 1.54) is 12.1 Å². The van der Waals surface area contributed by atoms with E-state index >= 15 is 0 Å². The number of morpholine rings is 1. The van der Waals surface area contributed by atoms with E-state index in [-0.39, 0.29) is 17.6 Å². The summed E-state index contributed by atoms with van der Waals surface area (Å²) in [7, 11) is 0. The average Bonchev–Trinajstić information content (AvgIpc) is 3.27. The van der Waals surface area contributed by atoms with Crippen molar-refractivity contribution in [2.75, 3.05) is 59.0 Å². The van der Waals surface area contributed by atoms with Crippen molar-refractivity contribution in [2.24, 2.45) is 0 Å². The maximum absolute atomic E-state index is 13.5. The summed E-state index contributed by atoms with van der Waals surface area (Å²) in [5, 5.41) is 1.08. The molecule has 2 aliphatic rings. The molecule has 0 saturated carbocycles. The largest absolute Gasteiger partial charge is 0.379 e. The van der Waals surface area contributed by atoms with Crippen molar-refractivity contribution in [1.82, 2.24) is 19.7 Å². The molecule has 0 atom stereocenters. The summed E-state index contributed by atoms with van der Waals surface area (Å²) >= 11 is 0. The van der Waals surface area contributed by atoms with E-state index in [1.54, 1.807) is 12.1 Å². The molecule has 2 amide bonds. The fraction of sp³-hybridized carbons (Fsp3) is 0.407. The Morgan fingerprint density at radius 1 is 0.857 bits per heavy atom. The quantitative estimate of drug-likeness (QED) is 0.592. The van der Waals surface area contributed by atoms with Gasteiger partial charge in [0.25, 0.3) is 0 Å². The number of aromatic amines is 1. The Bertz CT molecular complexity index is 1180. The lowest BCUT2D eigenvalue weighted by Crippen LogP contribution is -2.53. The van der Waals surface area contributed by atoms with Gasteiger partial charge < -0.3 is 19.5 Å². The van der Waals surface area contributed by atoms with E-state index in [9.17, 15) is 14.0 Å². The number of hydrogen-bond donors (Lipinski definition) is 1. The number of nitrogens with one attached hydrogen (secondary N) is 1. The number of piperazine rings is 1. The highest BCUT2D eigenvalue weighted by molar-refractivity contribution is 5.91. The smallest absolute Gasteiger partial charge is 0.236 e. The summed E-state index contributed by atoms with van der Waals surface area (Å²) in [5.41, 5.74) is 3.90. The highest BCUT2D eigenvalue weighted by atomic mass is 19.1. The Labute approximate surface area is 204 Å². The minimum absolute atomic E-state index is 0.0978. The molecule has 3 aromatic rings. The van der Waals surface area contributed by atoms with Crippen LogP contribution in [0.1, 0.15) is 12.0 Å². The van der Waals surface area contributed by atoms with Crippen LogP contribution in [0.4, 0.5) is 4.39 Å². The van der Waals surface area contributed by atoms with Crippen LogP contribution in [0.3, 0.4) is 0 Å². The number of carbonyl (C=O) groups excluding carboxylic acids is 2. The fourth-order valence-corrected chi connectivity index (χ4v) is 4.97. The molecular formula is C27H31FN4O3. The number of para-hydroxylation sites is 1. The zero-order valence-corrected chi connectivity index (χ0v) is 19.8. The Morgan fingerprint density at radius 3 is 2.23 bits per heavy atom. The lowest BCUT2D eigenvalue weighted by Gasteiger charge is -2.36. The molecule has 2 aliphatic heterocycles. The summed E-state index contributed by atoms with van der Waals surface area (Å²) < 4.78 is 18.8. The first-order valence-electron chi connectivity index (χ1n) is 12.3. The van der Waals surface area contributed by atoms with E-state index < -0.39 is 0 Å². The first kappa shape index (κ1) is 23.5. The second-order valence-electron chi connectivity index (χ2n) is 9.18. The topological polar surface area (TPSA) is 68.9 Å². The molecule has 3 heterocycles. The van der Waals surface area contributed by atoms with Gasteiger partial charge >= 0.3 is 0 Å². The highest BCUT2D eigenvalue weighted by Crippen LogP contribution is 2.31. The number of fused-ring (bicyclic) bond motifs is 1. The number of aromatic nitrogens is 1. The third-order valence-corrected chi connectivity index (χ3v) is 6.98. The lowest BCUT2D eigenvalue weighted by atomic mass is 10.0. The maximum Gasteiger partial charge on any atom is 0.236 e. The van der Waals surface area contributed by atoms with Crippen LogP contribution in [-0.4, -0.2) is 90.5 Å². The third kappa shape index (κ3) is 5.39. The van der Waals surface area contributed by atoms with Crippen molar-refractivity contribution in [2.45, 2.75) is 12.8 Å². The number of benzene rings is 2. The molecular weight excluding hydrogens is 447 g/mol. The van der Waals surface area contributed by atoms with E-state index in [1.807, 2.05) is 28.0 Å². The minimum atomic E-state index is -0.274. The van der Waals surface area contributed by atoms with Crippen LogP contribution in [0.15, 0.2) is 48.5 Å². The molecule has 2 aromatic carbocycles. The normalized spacial score (nSPS) is 17.2. The summed E-state index contributed by atoms with van der Waals surface area (Å²) in [6, 6.07) is 14.5. The number of hydrogen-bond acceptors (Lipinski definition) is 4. The van der Waals surface area contributed by atoms with Gasteiger partial charge in [-0.2, -0.15) is 0 Å². The van der Waals surface area contributed by atoms with E-state index in [2.05, 4.69) is 16.0 Å². The molecule has 8 heteroatoms. The first-order valence-corrected chi connectivity index (χ1v) is 12.3. The molecule has 2 fully saturated rings. The molecule has 0 radical (unpaired) electrons. The Balaban J connectivity index is 1.20. The molecule has 184 valence electrons. The summed E-state index contributed by atoms with van der Waals surface area (Å²) in [4.78, 5) is 35.0. The van der Waals surface area contributed by atoms with Gasteiger partial charge in [-0.1, -0.05) is 18.2 Å². The van der Waals surface area contributed by atoms with Crippen LogP contribution in [0.25, 0.3) is 22.2 Å². The minimum Gasteiger partial charge on any atom is -0.379 e. The average molecular weight is 479 g/mol. The van der Waals surface area contributed by atoms with Crippen molar-refractivity contribution < 1.29 is 18.7 Å². The van der Waals surface area contributed by atoms with Crippen LogP contribution in [0.2, 0.25) is 0 Å². The molecule has 35 heavy (non-hydrogen) atoms. The van der Waals surface area contributed by atoms with Crippen molar-refractivity contribution in [3.05, 3.63) is 59.9 Å². The van der Waals surface area contributed by atoms with Gasteiger partial charge in [-0.05, 0) is 47.9 Å². The van der Waals surface area contributed by atoms with Crippen molar-refractivity contribution in [3.8, 4) is 11.3 Å². The van der Waals surface area contributed by atoms with Gasteiger partial charge in [-0.15, -0.1) is 0 Å². The van der Waals surface area contributed by atoms with Crippen LogP contribution in [-0.2, 0) is 20.7 Å². The number of ether oxygens (including phenoxy) is 1. The van der Waals surface area contributed by atoms with Gasteiger partial charge in [-0.25, -0.2) is 4.39 Å². The highest BCUT2D eigenvalue weighted by Gasteiger charge is 2.26. The van der Waals surface area contributed by atoms with Crippen LogP contribution < -0.4 is 0 Å². The van der Waals surface area contributed by atoms with Gasteiger partial charge in [0, 0.05) is 62.3 Å². The van der Waals surface area contributed by atoms with Crippen LogP contribution >= 0.6 is 0 Å². The number of halogens is 1. The number of rotatable bonds is 6. The van der Waals surface area contributed by atoms with E-state index in [0.29, 0.717) is 58.8 Å². The first-order chi connectivity index (χ1) is 17.1. The SMILES string of the molecule is O=C(CCc1c(-c2ccc(F)cc2)[nH]c2ccccc12)N1CCN(C(=O)CN2CCOCC2)CC1. The number of H-pyrrole nitrogens is 1. The van der Waals surface area contributed by atoms with Crippen molar-refractivity contribution in [1.29, 1.82) is 0 Å². The van der Waals surface area contributed by atoms with Gasteiger partial charge in [0.1, 0.15) is 5.82 Å². The van der Waals surface area contributed by atoms with E-state index in [4.69, 9.17) is 4.74 Å². The molecule has 0 bridgehead atoms. The lowest BCUT2D eigenvalue weighted by molar-refractivity contribution is -0.140. The summed E-state index contributed by atoms with van der Waals surface area (Å²) in [5.74, 6) is -0.0495. The molecule has 1 N–H and O–H groups in total. The summed E-state index contributed by atoms with van der Waals surface area (Å²) in [6.45, 7) is 5.62. The van der Waals surface area contributed by atoms with Gasteiger partial charge in [-0.3, -0.25) is 14.5 Å². The molecule has 1 aromatic heterocycles. The zero-order chi connectivity index (χ0) is 24.2. The number of nitrogens with zero attached hydrogens (tertiary/aromatic N) is 3. The zero-order valence-electron chi connectivity index (χ0n) is 19.8. The predicted molar refractivity (Wildman–Crippen MR) is 132 cm³/mol. The molecule has 0 spiro atoms. The predicted octanol–water partition coefficient (Wildman–Crippen LogP) is 2.91. The molecule has 0 unspecified atom stereocenters. The molecule has 2 saturated heterocycles. The van der Waals surface area contributed by atoms with E-state index in [0.717, 1.165) is 40.8 Å². The van der Waals surface area contributed by atoms with Crippen molar-refractivity contribution >= 4 is 22.7 Å². The number of carbonyl (C=O) groups is 2. The maximum atomic E-state index is 13.5. The van der Waals surface area contributed by atoms with Gasteiger partial charge in [0.15, 0.2) is 0 Å². The summed E-state index contributed by atoms with van der Waals surface area (Å²) in [6.07, 6.45) is 0.976. The molecule has 7 nitrogen and oxygen atoms in total. The van der Waals surface area contributed by atoms with Crippen molar-refractivity contribution in [3.63, 3.8) is 0 Å². The second-order valence-corrected chi connectivity index (χ2v) is 9.18. The monoisotopic (exact) mass is 478 g/mol. The third-order valence-electron chi connectivity index (χ3n) is 6.98. The Morgan fingerprint density at radius 2 is 1.51 bits per heavy atom. The number of aryl methyl sites for hydroxylation is 1. The fourth-order valence-electron chi connectivity index (χ4n) is 4.97. The van der Waals surface area contributed by atoms with Crippen LogP contribution in [0, 0.1) is 5.82 Å². The molecule has 0 aliphatic carbocycles. The van der Waals surface area contributed by atoms with Gasteiger partial charge in [0.05, 0.1) is 19.8 Å². The standard InChI is InChI=1S/C27H31FN4O3/c28-21-7-5-20(6-8-21)27-23(22-3-1-2-4-24(22)29-27)9-10-25(33)31-11-13-32(14-12-31)26(34)19-30-15-17-35-18-16-30/h1-8,29H,9-19H2. The second kappa shape index (κ2) is 10.6. The van der Waals surface area contributed by atoms with Crippen LogP contribution in [0.5, 0.6) is 0 Å². The molecule has 5 rings (SSSR count). The number of amides is 2. The Kier molecular flexibility index (Phi) is 7.11. The van der Waals surface area contributed by atoms with Gasteiger partial charge in [0.2, 0.25) is 11.8 Å².